The Morgan fingerprint density at radius 1 is 1.36 bits per heavy atom. The summed E-state index contributed by atoms with van der Waals surface area (Å²) in [7, 11) is 1.74. The zero-order valence-electron chi connectivity index (χ0n) is 15.6. The SMILES string of the molecule is Cn1nc(-c2ccc(F)cc2)cc1C(=O)NCC1CCCN(c2nccs2)C1. The number of thiazole rings is 1. The van der Waals surface area contributed by atoms with Gasteiger partial charge in [-0.2, -0.15) is 5.10 Å². The van der Waals surface area contributed by atoms with Crippen molar-refractivity contribution in [1.29, 1.82) is 0 Å². The van der Waals surface area contributed by atoms with Crippen molar-refractivity contribution in [3.63, 3.8) is 0 Å². The molecule has 6 nitrogen and oxygen atoms in total. The number of rotatable bonds is 5. The number of halogens is 1. The van der Waals surface area contributed by atoms with Crippen LogP contribution in [0.25, 0.3) is 11.3 Å². The van der Waals surface area contributed by atoms with Crippen LogP contribution in [0.2, 0.25) is 0 Å². The molecule has 3 aromatic rings. The van der Waals surface area contributed by atoms with E-state index in [1.54, 1.807) is 41.3 Å². The fraction of sp³-hybridized carbons (Fsp3) is 0.350. The minimum absolute atomic E-state index is 0.144. The van der Waals surface area contributed by atoms with Gasteiger partial charge in [0.25, 0.3) is 5.91 Å². The number of piperidine rings is 1. The monoisotopic (exact) mass is 399 g/mol. The predicted molar refractivity (Wildman–Crippen MR) is 108 cm³/mol. The van der Waals surface area contributed by atoms with Gasteiger partial charge in [-0.3, -0.25) is 9.48 Å². The largest absolute Gasteiger partial charge is 0.350 e. The van der Waals surface area contributed by atoms with Crippen LogP contribution in [0.5, 0.6) is 0 Å². The first-order valence-electron chi connectivity index (χ1n) is 9.33. The van der Waals surface area contributed by atoms with Crippen molar-refractivity contribution in [1.82, 2.24) is 20.1 Å². The fourth-order valence-corrected chi connectivity index (χ4v) is 4.23. The van der Waals surface area contributed by atoms with Gasteiger partial charge in [0, 0.05) is 43.8 Å². The van der Waals surface area contributed by atoms with Gasteiger partial charge in [-0.15, -0.1) is 11.3 Å². The van der Waals surface area contributed by atoms with E-state index in [1.165, 1.54) is 12.1 Å². The number of amides is 1. The number of carbonyl (C=O) groups is 1. The number of aryl methyl sites for hydroxylation is 1. The molecule has 1 aromatic carbocycles. The minimum atomic E-state index is -0.295. The average molecular weight is 399 g/mol. The molecule has 8 heteroatoms. The maximum absolute atomic E-state index is 13.1. The van der Waals surface area contributed by atoms with Gasteiger partial charge < -0.3 is 10.2 Å². The molecule has 2 aromatic heterocycles. The molecule has 3 heterocycles. The third-order valence-corrected chi connectivity index (χ3v) is 5.84. The first-order valence-corrected chi connectivity index (χ1v) is 10.2. The van der Waals surface area contributed by atoms with E-state index in [4.69, 9.17) is 0 Å². The summed E-state index contributed by atoms with van der Waals surface area (Å²) in [4.78, 5) is 19.3. The summed E-state index contributed by atoms with van der Waals surface area (Å²) in [5, 5.41) is 10.5. The highest BCUT2D eigenvalue weighted by Gasteiger charge is 2.23. The van der Waals surface area contributed by atoms with Crippen molar-refractivity contribution in [3.8, 4) is 11.3 Å². The third kappa shape index (κ3) is 4.06. The van der Waals surface area contributed by atoms with Crippen molar-refractivity contribution >= 4 is 22.4 Å². The molecule has 1 fully saturated rings. The van der Waals surface area contributed by atoms with E-state index in [-0.39, 0.29) is 11.7 Å². The van der Waals surface area contributed by atoms with Gasteiger partial charge >= 0.3 is 0 Å². The molecule has 0 bridgehead atoms. The molecule has 1 unspecified atom stereocenters. The number of anilines is 1. The molecule has 1 N–H and O–H groups in total. The molecular formula is C20H22FN5OS. The van der Waals surface area contributed by atoms with Gasteiger partial charge in [0.1, 0.15) is 11.5 Å². The van der Waals surface area contributed by atoms with Crippen LogP contribution in [-0.2, 0) is 7.05 Å². The van der Waals surface area contributed by atoms with Gasteiger partial charge in [0.2, 0.25) is 0 Å². The number of nitrogens with one attached hydrogen (secondary N) is 1. The first kappa shape index (κ1) is 18.6. The van der Waals surface area contributed by atoms with Gasteiger partial charge in [-0.25, -0.2) is 9.37 Å². The summed E-state index contributed by atoms with van der Waals surface area (Å²) in [6, 6.07) is 7.84. The summed E-state index contributed by atoms with van der Waals surface area (Å²) in [5.74, 6) is -0.0435. The van der Waals surface area contributed by atoms with Crippen molar-refractivity contribution in [2.45, 2.75) is 12.8 Å². The smallest absolute Gasteiger partial charge is 0.269 e. The zero-order valence-corrected chi connectivity index (χ0v) is 16.5. The highest BCUT2D eigenvalue weighted by atomic mass is 32.1. The molecule has 1 aliphatic rings. The van der Waals surface area contributed by atoms with Gasteiger partial charge in [0.05, 0.1) is 5.69 Å². The van der Waals surface area contributed by atoms with Crippen molar-refractivity contribution < 1.29 is 9.18 Å². The zero-order chi connectivity index (χ0) is 19.5. The molecule has 0 spiro atoms. The first-order chi connectivity index (χ1) is 13.6. The van der Waals surface area contributed by atoms with E-state index < -0.39 is 0 Å². The number of aromatic nitrogens is 3. The van der Waals surface area contributed by atoms with Crippen LogP contribution in [0.15, 0.2) is 41.9 Å². The van der Waals surface area contributed by atoms with E-state index >= 15 is 0 Å². The molecule has 0 aliphatic carbocycles. The van der Waals surface area contributed by atoms with Crippen LogP contribution in [0.4, 0.5) is 9.52 Å². The summed E-state index contributed by atoms with van der Waals surface area (Å²) >= 11 is 1.65. The van der Waals surface area contributed by atoms with Crippen LogP contribution < -0.4 is 10.2 Å². The van der Waals surface area contributed by atoms with E-state index in [0.717, 1.165) is 36.6 Å². The summed E-state index contributed by atoms with van der Waals surface area (Å²) < 4.78 is 14.7. The Morgan fingerprint density at radius 3 is 2.93 bits per heavy atom. The van der Waals surface area contributed by atoms with Crippen LogP contribution >= 0.6 is 11.3 Å². The predicted octanol–water partition coefficient (Wildman–Crippen LogP) is 3.33. The maximum Gasteiger partial charge on any atom is 0.269 e. The maximum atomic E-state index is 13.1. The van der Waals surface area contributed by atoms with Gasteiger partial charge in [-0.05, 0) is 49.1 Å². The average Bonchev–Trinajstić information content (AvgIpc) is 3.37. The standard InChI is InChI=1S/C20H22FN5OS/c1-25-18(11-17(24-25)15-4-6-16(21)7-5-15)19(27)23-12-14-3-2-9-26(13-14)20-22-8-10-28-20/h4-8,10-11,14H,2-3,9,12-13H2,1H3,(H,23,27). The normalized spacial score (nSPS) is 16.9. The number of benzene rings is 1. The van der Waals surface area contributed by atoms with Crippen LogP contribution in [0.1, 0.15) is 23.3 Å². The highest BCUT2D eigenvalue weighted by molar-refractivity contribution is 7.13. The molecule has 4 rings (SSSR count). The Kier molecular flexibility index (Phi) is 5.38. The lowest BCUT2D eigenvalue weighted by Gasteiger charge is -2.32. The molecule has 1 aliphatic heterocycles. The second-order valence-electron chi connectivity index (χ2n) is 7.02. The summed E-state index contributed by atoms with van der Waals surface area (Å²) in [5.41, 5.74) is 1.93. The van der Waals surface area contributed by atoms with Crippen molar-refractivity contribution in [2.75, 3.05) is 24.5 Å². The Morgan fingerprint density at radius 2 is 2.18 bits per heavy atom. The Bertz CT molecular complexity index is 938. The number of hydrogen-bond donors (Lipinski definition) is 1. The topological polar surface area (TPSA) is 63.1 Å². The fourth-order valence-electron chi connectivity index (χ4n) is 3.55. The Hall–Kier alpha value is -2.74. The van der Waals surface area contributed by atoms with Gasteiger partial charge in [0.15, 0.2) is 5.13 Å². The molecule has 146 valence electrons. The molecule has 28 heavy (non-hydrogen) atoms. The Balaban J connectivity index is 1.38. The number of nitrogens with zero attached hydrogens (tertiary/aromatic N) is 4. The molecule has 1 amide bonds. The lowest BCUT2D eigenvalue weighted by Crippen LogP contribution is -2.41. The van der Waals surface area contributed by atoms with Crippen LogP contribution in [-0.4, -0.2) is 40.3 Å². The molecule has 0 saturated carbocycles. The molecule has 1 saturated heterocycles. The van der Waals surface area contributed by atoms with Crippen LogP contribution in [0.3, 0.4) is 0 Å². The molecule has 0 radical (unpaired) electrons. The van der Waals surface area contributed by atoms with Crippen molar-refractivity contribution in [2.24, 2.45) is 13.0 Å². The van der Waals surface area contributed by atoms with Gasteiger partial charge in [-0.1, -0.05) is 0 Å². The number of hydrogen-bond acceptors (Lipinski definition) is 5. The number of carbonyl (C=O) groups excluding carboxylic acids is 1. The summed E-state index contributed by atoms with van der Waals surface area (Å²) in [6.45, 7) is 2.54. The second-order valence-corrected chi connectivity index (χ2v) is 7.90. The Labute approximate surface area is 167 Å². The van der Waals surface area contributed by atoms with E-state index in [9.17, 15) is 9.18 Å². The molecular weight excluding hydrogens is 377 g/mol. The lowest BCUT2D eigenvalue weighted by molar-refractivity contribution is 0.0936. The quantitative estimate of drug-likeness (QED) is 0.715. The van der Waals surface area contributed by atoms with E-state index in [1.807, 2.05) is 11.6 Å². The third-order valence-electron chi connectivity index (χ3n) is 5.01. The molecule has 1 atom stereocenters. The highest BCUT2D eigenvalue weighted by Crippen LogP contribution is 2.24. The minimum Gasteiger partial charge on any atom is -0.350 e. The van der Waals surface area contributed by atoms with Crippen LogP contribution in [0, 0.1) is 11.7 Å². The summed E-state index contributed by atoms with van der Waals surface area (Å²) in [6.07, 6.45) is 4.02. The lowest BCUT2D eigenvalue weighted by atomic mass is 9.98. The van der Waals surface area contributed by atoms with E-state index in [0.29, 0.717) is 23.9 Å². The van der Waals surface area contributed by atoms with E-state index in [2.05, 4.69) is 20.3 Å². The van der Waals surface area contributed by atoms with Crippen molar-refractivity contribution in [3.05, 3.63) is 53.4 Å². The second kappa shape index (κ2) is 8.10.